The molecule has 0 spiro atoms. The fourth-order valence-electron chi connectivity index (χ4n) is 2.76. The first-order valence-electron chi connectivity index (χ1n) is 8.28. The Bertz CT molecular complexity index is 778. The molecule has 25 heavy (non-hydrogen) atoms. The molecule has 7 heteroatoms. The van der Waals surface area contributed by atoms with Gasteiger partial charge in [0.1, 0.15) is 11.3 Å². The second kappa shape index (κ2) is 6.58. The van der Waals surface area contributed by atoms with Crippen LogP contribution in [-0.2, 0) is 11.2 Å². The molecule has 0 aliphatic carbocycles. The van der Waals surface area contributed by atoms with Gasteiger partial charge in [0.25, 0.3) is 5.91 Å². The number of ether oxygens (including phenoxy) is 1. The lowest BCUT2D eigenvalue weighted by atomic mass is 10.0. The molecule has 0 fully saturated rings. The van der Waals surface area contributed by atoms with Crippen molar-refractivity contribution >= 4 is 23.4 Å². The van der Waals surface area contributed by atoms with Crippen molar-refractivity contribution < 1.29 is 14.3 Å². The quantitative estimate of drug-likeness (QED) is 0.876. The molecule has 2 amide bonds. The fraction of sp³-hybridized carbons (Fsp3) is 0.389. The highest BCUT2D eigenvalue weighted by Gasteiger charge is 2.27. The fourth-order valence-corrected chi connectivity index (χ4v) is 2.76. The molecule has 1 aromatic heterocycles. The molecule has 3 rings (SSSR count). The number of carbonyl (C=O) groups is 2. The number of fused-ring (bicyclic) bond motifs is 1. The van der Waals surface area contributed by atoms with E-state index in [0.717, 1.165) is 24.1 Å². The number of anilines is 2. The number of hydrogen-bond acceptors (Lipinski definition) is 4. The monoisotopic (exact) mass is 342 g/mol. The van der Waals surface area contributed by atoms with Gasteiger partial charge in [-0.2, -0.15) is 5.10 Å². The number of nitrogens with one attached hydrogen (secondary N) is 2. The van der Waals surface area contributed by atoms with Gasteiger partial charge in [-0.1, -0.05) is 0 Å². The van der Waals surface area contributed by atoms with E-state index in [4.69, 9.17) is 4.74 Å². The summed E-state index contributed by atoms with van der Waals surface area (Å²) in [6.07, 6.45) is 2.88. The van der Waals surface area contributed by atoms with Crippen LogP contribution in [0.5, 0.6) is 0 Å². The highest BCUT2D eigenvalue weighted by atomic mass is 16.6. The molecule has 1 aliphatic heterocycles. The van der Waals surface area contributed by atoms with E-state index in [1.54, 1.807) is 17.0 Å². The number of hydrogen-bond donors (Lipinski definition) is 2. The molecule has 2 heterocycles. The molecule has 7 nitrogen and oxygen atoms in total. The minimum absolute atomic E-state index is 0.253. The van der Waals surface area contributed by atoms with Crippen LogP contribution in [0.3, 0.4) is 0 Å². The van der Waals surface area contributed by atoms with Gasteiger partial charge in [0, 0.05) is 18.4 Å². The second-order valence-electron chi connectivity index (χ2n) is 7.00. The Morgan fingerprint density at radius 1 is 1.28 bits per heavy atom. The van der Waals surface area contributed by atoms with Crippen LogP contribution < -0.4 is 10.2 Å². The predicted octanol–water partition coefficient (Wildman–Crippen LogP) is 3.35. The summed E-state index contributed by atoms with van der Waals surface area (Å²) >= 11 is 0. The summed E-state index contributed by atoms with van der Waals surface area (Å²) in [7, 11) is 0. The van der Waals surface area contributed by atoms with Crippen molar-refractivity contribution in [3.8, 4) is 0 Å². The maximum absolute atomic E-state index is 12.4. The van der Waals surface area contributed by atoms with Crippen LogP contribution in [0.25, 0.3) is 0 Å². The van der Waals surface area contributed by atoms with E-state index in [-0.39, 0.29) is 12.0 Å². The largest absolute Gasteiger partial charge is 0.443 e. The zero-order valence-electron chi connectivity index (χ0n) is 14.6. The number of rotatable bonds is 2. The Hall–Kier alpha value is -2.83. The zero-order chi connectivity index (χ0) is 18.0. The van der Waals surface area contributed by atoms with Gasteiger partial charge in [0.05, 0.1) is 5.69 Å². The third-order valence-corrected chi connectivity index (χ3v) is 3.82. The highest BCUT2D eigenvalue weighted by Crippen LogP contribution is 2.31. The molecule has 2 aromatic rings. The highest BCUT2D eigenvalue weighted by molar-refractivity contribution is 6.03. The molecule has 0 radical (unpaired) electrons. The average Bonchev–Trinajstić information content (AvgIpc) is 3.07. The van der Waals surface area contributed by atoms with Crippen LogP contribution in [0.2, 0.25) is 0 Å². The van der Waals surface area contributed by atoms with Gasteiger partial charge < -0.3 is 10.1 Å². The number of amides is 2. The van der Waals surface area contributed by atoms with Crippen molar-refractivity contribution in [3.63, 3.8) is 0 Å². The topological polar surface area (TPSA) is 87.3 Å². The van der Waals surface area contributed by atoms with Gasteiger partial charge in [0.15, 0.2) is 0 Å². The molecule has 2 N–H and O–H groups in total. The minimum atomic E-state index is -0.535. The molecule has 1 aliphatic rings. The Labute approximate surface area is 146 Å². The van der Waals surface area contributed by atoms with Crippen LogP contribution in [-0.4, -0.2) is 34.3 Å². The SMILES string of the molecule is CC(C)(C)OC(=O)N1CCCc2cc(NC(=O)c3ccn[nH]3)ccc21. The van der Waals surface area contributed by atoms with Gasteiger partial charge in [-0.3, -0.25) is 14.8 Å². The smallest absolute Gasteiger partial charge is 0.414 e. The summed E-state index contributed by atoms with van der Waals surface area (Å²) in [5, 5.41) is 9.23. The molecule has 132 valence electrons. The number of aromatic amines is 1. The Kier molecular flexibility index (Phi) is 4.48. The van der Waals surface area contributed by atoms with Crippen LogP contribution in [0.4, 0.5) is 16.2 Å². The van der Waals surface area contributed by atoms with E-state index < -0.39 is 5.60 Å². The van der Waals surface area contributed by atoms with Gasteiger partial charge in [-0.25, -0.2) is 4.79 Å². The Morgan fingerprint density at radius 2 is 2.08 bits per heavy atom. The minimum Gasteiger partial charge on any atom is -0.443 e. The maximum atomic E-state index is 12.4. The van der Waals surface area contributed by atoms with Crippen molar-refractivity contribution in [1.82, 2.24) is 10.2 Å². The number of carbonyl (C=O) groups excluding carboxylic acids is 2. The third kappa shape index (κ3) is 3.99. The predicted molar refractivity (Wildman–Crippen MR) is 94.9 cm³/mol. The second-order valence-corrected chi connectivity index (χ2v) is 7.00. The molecular formula is C18H22N4O3. The summed E-state index contributed by atoms with van der Waals surface area (Å²) in [4.78, 5) is 26.2. The first-order valence-corrected chi connectivity index (χ1v) is 8.28. The van der Waals surface area contributed by atoms with Crippen LogP contribution in [0.1, 0.15) is 43.2 Å². The maximum Gasteiger partial charge on any atom is 0.414 e. The first-order chi connectivity index (χ1) is 11.8. The number of aromatic nitrogens is 2. The molecular weight excluding hydrogens is 320 g/mol. The lowest BCUT2D eigenvalue weighted by molar-refractivity contribution is 0.0577. The van der Waals surface area contributed by atoms with Crippen LogP contribution >= 0.6 is 0 Å². The van der Waals surface area contributed by atoms with E-state index in [9.17, 15) is 9.59 Å². The molecule has 0 atom stereocenters. The summed E-state index contributed by atoms with van der Waals surface area (Å²) < 4.78 is 5.48. The van der Waals surface area contributed by atoms with E-state index in [0.29, 0.717) is 17.9 Å². The zero-order valence-corrected chi connectivity index (χ0v) is 14.6. The lowest BCUT2D eigenvalue weighted by Crippen LogP contribution is -2.39. The van der Waals surface area contributed by atoms with Crippen molar-refractivity contribution in [2.45, 2.75) is 39.2 Å². The van der Waals surface area contributed by atoms with Crippen LogP contribution in [0.15, 0.2) is 30.5 Å². The summed E-state index contributed by atoms with van der Waals surface area (Å²) in [5.74, 6) is -0.253. The van der Waals surface area contributed by atoms with Gasteiger partial charge >= 0.3 is 6.09 Å². The van der Waals surface area contributed by atoms with Crippen molar-refractivity contribution in [3.05, 3.63) is 41.7 Å². The first kappa shape index (κ1) is 17.0. The summed E-state index contributed by atoms with van der Waals surface area (Å²) in [6, 6.07) is 7.15. The number of benzene rings is 1. The Balaban J connectivity index is 1.78. The normalized spacial score (nSPS) is 14.0. The third-order valence-electron chi connectivity index (χ3n) is 3.82. The van der Waals surface area contributed by atoms with E-state index >= 15 is 0 Å². The standard InChI is InChI=1S/C18H22N4O3/c1-18(2,3)25-17(24)22-10-4-5-12-11-13(6-7-15(12)22)20-16(23)14-8-9-19-21-14/h6-9,11H,4-5,10H2,1-3H3,(H,19,21)(H,20,23). The summed E-state index contributed by atoms with van der Waals surface area (Å²) in [5.41, 5.74) is 2.39. The van der Waals surface area contributed by atoms with Crippen molar-refractivity contribution in [1.29, 1.82) is 0 Å². The Morgan fingerprint density at radius 3 is 2.76 bits per heavy atom. The van der Waals surface area contributed by atoms with E-state index in [2.05, 4.69) is 15.5 Å². The van der Waals surface area contributed by atoms with Gasteiger partial charge in [-0.15, -0.1) is 0 Å². The number of nitrogens with zero attached hydrogens (tertiary/aromatic N) is 2. The number of aryl methyl sites for hydroxylation is 1. The van der Waals surface area contributed by atoms with E-state index in [1.807, 2.05) is 32.9 Å². The lowest BCUT2D eigenvalue weighted by Gasteiger charge is -2.32. The van der Waals surface area contributed by atoms with Gasteiger partial charge in [-0.05, 0) is 63.4 Å². The summed E-state index contributed by atoms with van der Waals surface area (Å²) in [6.45, 7) is 6.18. The van der Waals surface area contributed by atoms with Crippen molar-refractivity contribution in [2.75, 3.05) is 16.8 Å². The molecule has 0 bridgehead atoms. The number of H-pyrrole nitrogens is 1. The average molecular weight is 342 g/mol. The molecule has 0 saturated carbocycles. The van der Waals surface area contributed by atoms with Gasteiger partial charge in [0.2, 0.25) is 0 Å². The molecule has 0 saturated heterocycles. The molecule has 1 aromatic carbocycles. The molecule has 0 unspecified atom stereocenters. The van der Waals surface area contributed by atoms with Crippen LogP contribution in [0, 0.1) is 0 Å². The van der Waals surface area contributed by atoms with E-state index in [1.165, 1.54) is 6.20 Å². The van der Waals surface area contributed by atoms with Crippen molar-refractivity contribution in [2.24, 2.45) is 0 Å².